The minimum absolute atomic E-state index is 0.153. The van der Waals surface area contributed by atoms with E-state index in [1.54, 1.807) is 13.2 Å². The molecule has 2 unspecified atom stereocenters. The van der Waals surface area contributed by atoms with Crippen LogP contribution in [0.4, 0.5) is 4.39 Å². The van der Waals surface area contributed by atoms with Crippen molar-refractivity contribution < 1.29 is 9.13 Å². The Kier molecular flexibility index (Phi) is 5.38. The largest absolute Gasteiger partial charge is 0.383 e. The van der Waals surface area contributed by atoms with E-state index in [0.717, 1.165) is 10.0 Å². The topological polar surface area (TPSA) is 21.3 Å². The fourth-order valence-corrected chi connectivity index (χ4v) is 2.36. The standard InChI is InChI=1S/C12H17BrFNO/c1-8(7-16-3)15-9(2)11-5-4-10(14)6-12(11)13/h4-6,8-9,15H,7H2,1-3H3. The van der Waals surface area contributed by atoms with Gasteiger partial charge in [-0.15, -0.1) is 0 Å². The molecule has 0 aliphatic carbocycles. The highest BCUT2D eigenvalue weighted by Gasteiger charge is 2.12. The summed E-state index contributed by atoms with van der Waals surface area (Å²) in [6.07, 6.45) is 0. The normalized spacial score (nSPS) is 14.8. The van der Waals surface area contributed by atoms with Crippen LogP contribution in [-0.4, -0.2) is 19.8 Å². The molecule has 0 heterocycles. The summed E-state index contributed by atoms with van der Waals surface area (Å²) in [6, 6.07) is 5.15. The van der Waals surface area contributed by atoms with Crippen molar-refractivity contribution in [3.8, 4) is 0 Å². The summed E-state index contributed by atoms with van der Waals surface area (Å²) in [5.74, 6) is -0.229. The van der Waals surface area contributed by atoms with Gasteiger partial charge in [-0.25, -0.2) is 4.39 Å². The molecule has 2 atom stereocenters. The van der Waals surface area contributed by atoms with Crippen LogP contribution in [0.25, 0.3) is 0 Å². The van der Waals surface area contributed by atoms with Crippen LogP contribution in [-0.2, 0) is 4.74 Å². The zero-order chi connectivity index (χ0) is 12.1. The molecule has 0 aromatic heterocycles. The van der Waals surface area contributed by atoms with E-state index >= 15 is 0 Å². The van der Waals surface area contributed by atoms with Crippen molar-refractivity contribution in [1.29, 1.82) is 0 Å². The van der Waals surface area contributed by atoms with Crippen LogP contribution in [0.5, 0.6) is 0 Å². The Balaban J connectivity index is 2.69. The van der Waals surface area contributed by atoms with Crippen molar-refractivity contribution in [2.75, 3.05) is 13.7 Å². The lowest BCUT2D eigenvalue weighted by Gasteiger charge is -2.20. The maximum Gasteiger partial charge on any atom is 0.124 e. The molecular formula is C12H17BrFNO. The van der Waals surface area contributed by atoms with Gasteiger partial charge in [0, 0.05) is 23.7 Å². The predicted molar refractivity (Wildman–Crippen MR) is 67.0 cm³/mol. The third-order valence-electron chi connectivity index (χ3n) is 2.38. The molecule has 0 amide bonds. The Bertz CT molecular complexity index is 346. The number of hydrogen-bond donors (Lipinski definition) is 1. The minimum Gasteiger partial charge on any atom is -0.383 e. The fraction of sp³-hybridized carbons (Fsp3) is 0.500. The summed E-state index contributed by atoms with van der Waals surface area (Å²) in [6.45, 7) is 4.75. The smallest absolute Gasteiger partial charge is 0.124 e. The summed E-state index contributed by atoms with van der Waals surface area (Å²) in [7, 11) is 1.68. The second-order valence-electron chi connectivity index (χ2n) is 3.91. The van der Waals surface area contributed by atoms with Crippen LogP contribution >= 0.6 is 15.9 Å². The Labute approximate surface area is 104 Å². The summed E-state index contributed by atoms with van der Waals surface area (Å²) in [5.41, 5.74) is 1.05. The molecule has 1 aromatic carbocycles. The lowest BCUT2D eigenvalue weighted by Crippen LogP contribution is -2.32. The Morgan fingerprint density at radius 1 is 1.44 bits per heavy atom. The van der Waals surface area contributed by atoms with Crippen molar-refractivity contribution in [1.82, 2.24) is 5.32 Å². The number of halogens is 2. The maximum absolute atomic E-state index is 12.9. The number of ether oxygens (including phenoxy) is 1. The van der Waals surface area contributed by atoms with E-state index in [-0.39, 0.29) is 17.9 Å². The van der Waals surface area contributed by atoms with E-state index in [4.69, 9.17) is 4.74 Å². The van der Waals surface area contributed by atoms with Crippen molar-refractivity contribution >= 4 is 15.9 Å². The van der Waals surface area contributed by atoms with Gasteiger partial charge in [-0.2, -0.15) is 0 Å². The number of nitrogens with one attached hydrogen (secondary N) is 1. The molecule has 1 rings (SSSR count). The molecule has 1 aromatic rings. The second kappa shape index (κ2) is 6.33. The Morgan fingerprint density at radius 3 is 2.69 bits per heavy atom. The van der Waals surface area contributed by atoms with Gasteiger partial charge in [0.15, 0.2) is 0 Å². The van der Waals surface area contributed by atoms with Gasteiger partial charge in [0.1, 0.15) is 5.82 Å². The average molecular weight is 290 g/mol. The van der Waals surface area contributed by atoms with E-state index in [1.165, 1.54) is 12.1 Å². The predicted octanol–water partition coefficient (Wildman–Crippen LogP) is 3.27. The number of benzene rings is 1. The second-order valence-corrected chi connectivity index (χ2v) is 4.76. The van der Waals surface area contributed by atoms with Gasteiger partial charge in [-0.3, -0.25) is 0 Å². The molecule has 0 radical (unpaired) electrons. The van der Waals surface area contributed by atoms with Crippen molar-refractivity contribution in [2.24, 2.45) is 0 Å². The molecule has 0 aliphatic heterocycles. The van der Waals surface area contributed by atoms with Crippen LogP contribution in [0.2, 0.25) is 0 Å². The van der Waals surface area contributed by atoms with E-state index < -0.39 is 0 Å². The van der Waals surface area contributed by atoms with Crippen LogP contribution in [0.15, 0.2) is 22.7 Å². The average Bonchev–Trinajstić information content (AvgIpc) is 2.17. The molecule has 1 N–H and O–H groups in total. The van der Waals surface area contributed by atoms with Gasteiger partial charge < -0.3 is 10.1 Å². The molecule has 90 valence electrons. The molecule has 2 nitrogen and oxygen atoms in total. The SMILES string of the molecule is COCC(C)NC(C)c1ccc(F)cc1Br. The lowest BCUT2D eigenvalue weighted by atomic mass is 10.1. The molecule has 0 bridgehead atoms. The third-order valence-corrected chi connectivity index (χ3v) is 3.07. The molecular weight excluding hydrogens is 273 g/mol. The van der Waals surface area contributed by atoms with E-state index in [2.05, 4.69) is 28.2 Å². The van der Waals surface area contributed by atoms with Crippen LogP contribution < -0.4 is 5.32 Å². The first-order valence-electron chi connectivity index (χ1n) is 5.24. The van der Waals surface area contributed by atoms with Crippen LogP contribution in [0.3, 0.4) is 0 Å². The van der Waals surface area contributed by atoms with Gasteiger partial charge in [0.05, 0.1) is 6.61 Å². The third kappa shape index (κ3) is 3.85. The maximum atomic E-state index is 12.9. The first-order valence-corrected chi connectivity index (χ1v) is 6.03. The first-order chi connectivity index (χ1) is 7.54. The van der Waals surface area contributed by atoms with Gasteiger partial charge in [0.2, 0.25) is 0 Å². The number of hydrogen-bond acceptors (Lipinski definition) is 2. The highest BCUT2D eigenvalue weighted by molar-refractivity contribution is 9.10. The van der Waals surface area contributed by atoms with E-state index in [9.17, 15) is 4.39 Å². The van der Waals surface area contributed by atoms with Gasteiger partial charge >= 0.3 is 0 Å². The molecule has 4 heteroatoms. The summed E-state index contributed by atoms with van der Waals surface area (Å²) in [4.78, 5) is 0. The zero-order valence-electron chi connectivity index (χ0n) is 9.76. The van der Waals surface area contributed by atoms with E-state index in [0.29, 0.717) is 6.61 Å². The van der Waals surface area contributed by atoms with Crippen LogP contribution in [0.1, 0.15) is 25.5 Å². The highest BCUT2D eigenvalue weighted by Crippen LogP contribution is 2.24. The summed E-state index contributed by atoms with van der Waals surface area (Å²) in [5, 5.41) is 3.38. The monoisotopic (exact) mass is 289 g/mol. The highest BCUT2D eigenvalue weighted by atomic mass is 79.9. The summed E-state index contributed by atoms with van der Waals surface area (Å²) >= 11 is 3.37. The molecule has 0 fully saturated rings. The molecule has 0 aliphatic rings. The van der Waals surface area contributed by atoms with Crippen molar-refractivity contribution in [2.45, 2.75) is 25.9 Å². The summed E-state index contributed by atoms with van der Waals surface area (Å²) < 4.78 is 18.8. The molecule has 0 saturated heterocycles. The molecule has 0 spiro atoms. The quantitative estimate of drug-likeness (QED) is 0.898. The fourth-order valence-electron chi connectivity index (χ4n) is 1.67. The number of methoxy groups -OCH3 is 1. The van der Waals surface area contributed by atoms with E-state index in [1.807, 2.05) is 6.92 Å². The van der Waals surface area contributed by atoms with Crippen molar-refractivity contribution in [3.63, 3.8) is 0 Å². The van der Waals surface area contributed by atoms with Crippen molar-refractivity contribution in [3.05, 3.63) is 34.1 Å². The minimum atomic E-state index is -0.229. The van der Waals surface area contributed by atoms with Gasteiger partial charge in [-0.1, -0.05) is 22.0 Å². The molecule has 0 saturated carbocycles. The lowest BCUT2D eigenvalue weighted by molar-refractivity contribution is 0.167. The van der Waals surface area contributed by atoms with Crippen LogP contribution in [0, 0.1) is 5.82 Å². The van der Waals surface area contributed by atoms with Gasteiger partial charge in [-0.05, 0) is 31.5 Å². The first kappa shape index (κ1) is 13.6. The molecule has 16 heavy (non-hydrogen) atoms. The Hall–Kier alpha value is -0.450. The Morgan fingerprint density at radius 2 is 2.12 bits per heavy atom. The number of rotatable bonds is 5. The zero-order valence-corrected chi connectivity index (χ0v) is 11.3. The van der Waals surface area contributed by atoms with Gasteiger partial charge in [0.25, 0.3) is 0 Å².